The van der Waals surface area contributed by atoms with Crippen LogP contribution in [0.5, 0.6) is 0 Å². The molecule has 2 aliphatic rings. The summed E-state index contributed by atoms with van der Waals surface area (Å²) in [5.41, 5.74) is 0. The SMILES string of the molecule is O[C@H](/C=C\[C@H](O)C1CCCCC1)C1CCCCC1. The van der Waals surface area contributed by atoms with Crippen molar-refractivity contribution in [2.24, 2.45) is 11.8 Å². The van der Waals surface area contributed by atoms with Crippen molar-refractivity contribution < 1.29 is 10.2 Å². The fraction of sp³-hybridized carbons (Fsp3) is 0.875. The average Bonchev–Trinajstić information content (AvgIpc) is 2.46. The monoisotopic (exact) mass is 252 g/mol. The van der Waals surface area contributed by atoms with Gasteiger partial charge in [-0.15, -0.1) is 0 Å². The lowest BCUT2D eigenvalue weighted by atomic mass is 9.83. The van der Waals surface area contributed by atoms with Crippen molar-refractivity contribution in [1.82, 2.24) is 0 Å². The minimum atomic E-state index is -0.344. The van der Waals surface area contributed by atoms with Crippen LogP contribution in [0, 0.1) is 11.8 Å². The van der Waals surface area contributed by atoms with Crippen LogP contribution in [0.3, 0.4) is 0 Å². The van der Waals surface area contributed by atoms with Crippen LogP contribution in [-0.4, -0.2) is 22.4 Å². The van der Waals surface area contributed by atoms with Gasteiger partial charge in [0.15, 0.2) is 0 Å². The number of aliphatic hydroxyl groups excluding tert-OH is 2. The van der Waals surface area contributed by atoms with Crippen molar-refractivity contribution in [1.29, 1.82) is 0 Å². The van der Waals surface area contributed by atoms with E-state index in [4.69, 9.17) is 0 Å². The molecule has 2 fully saturated rings. The van der Waals surface area contributed by atoms with E-state index in [0.29, 0.717) is 11.8 Å². The van der Waals surface area contributed by atoms with Gasteiger partial charge in [0.25, 0.3) is 0 Å². The molecule has 0 unspecified atom stereocenters. The lowest BCUT2D eigenvalue weighted by Gasteiger charge is -2.26. The Labute approximate surface area is 111 Å². The van der Waals surface area contributed by atoms with Gasteiger partial charge in [0, 0.05) is 0 Å². The van der Waals surface area contributed by atoms with Crippen molar-refractivity contribution in [3.63, 3.8) is 0 Å². The zero-order valence-corrected chi connectivity index (χ0v) is 11.4. The van der Waals surface area contributed by atoms with Crippen molar-refractivity contribution >= 4 is 0 Å². The topological polar surface area (TPSA) is 40.5 Å². The third-order valence-corrected chi connectivity index (χ3v) is 4.77. The summed E-state index contributed by atoms with van der Waals surface area (Å²) in [5, 5.41) is 20.2. The summed E-state index contributed by atoms with van der Waals surface area (Å²) in [6.07, 6.45) is 15.2. The van der Waals surface area contributed by atoms with Gasteiger partial charge < -0.3 is 10.2 Å². The lowest BCUT2D eigenvalue weighted by Crippen LogP contribution is -2.24. The summed E-state index contributed by atoms with van der Waals surface area (Å²) in [6.45, 7) is 0. The number of hydrogen-bond acceptors (Lipinski definition) is 2. The first-order valence-corrected chi connectivity index (χ1v) is 7.82. The predicted octanol–water partition coefficient (Wildman–Crippen LogP) is 3.43. The summed E-state index contributed by atoms with van der Waals surface area (Å²) in [6, 6.07) is 0. The van der Waals surface area contributed by atoms with E-state index in [2.05, 4.69) is 0 Å². The Kier molecular flexibility index (Phi) is 5.71. The van der Waals surface area contributed by atoms with Crippen molar-refractivity contribution in [2.75, 3.05) is 0 Å². The molecule has 0 aromatic heterocycles. The normalized spacial score (nSPS) is 27.4. The average molecular weight is 252 g/mol. The fourth-order valence-electron chi connectivity index (χ4n) is 3.49. The lowest BCUT2D eigenvalue weighted by molar-refractivity contribution is 0.111. The molecule has 2 atom stereocenters. The Morgan fingerprint density at radius 2 is 0.944 bits per heavy atom. The molecule has 2 heteroatoms. The smallest absolute Gasteiger partial charge is 0.0749 e. The van der Waals surface area contributed by atoms with Crippen LogP contribution in [0.2, 0.25) is 0 Å². The highest BCUT2D eigenvalue weighted by Crippen LogP contribution is 2.29. The van der Waals surface area contributed by atoms with Crippen LogP contribution in [0.4, 0.5) is 0 Å². The minimum Gasteiger partial charge on any atom is -0.389 e. The molecular weight excluding hydrogens is 224 g/mol. The van der Waals surface area contributed by atoms with Gasteiger partial charge in [-0.3, -0.25) is 0 Å². The van der Waals surface area contributed by atoms with Crippen LogP contribution in [0.15, 0.2) is 12.2 Å². The number of hydrogen-bond donors (Lipinski definition) is 2. The van der Waals surface area contributed by atoms with Crippen molar-refractivity contribution in [3.05, 3.63) is 12.2 Å². The standard InChI is InChI=1S/C16H28O2/c17-15(13-7-3-1-4-8-13)11-12-16(18)14-9-5-2-6-10-14/h11-18H,1-10H2/b12-11-/t15-,16+. The van der Waals surface area contributed by atoms with E-state index in [1.807, 2.05) is 12.2 Å². The van der Waals surface area contributed by atoms with E-state index in [1.165, 1.54) is 38.5 Å². The summed E-state index contributed by atoms with van der Waals surface area (Å²) in [7, 11) is 0. The summed E-state index contributed by atoms with van der Waals surface area (Å²) in [5.74, 6) is 0.849. The highest BCUT2D eigenvalue weighted by atomic mass is 16.3. The zero-order valence-electron chi connectivity index (χ0n) is 11.4. The van der Waals surface area contributed by atoms with Crippen molar-refractivity contribution in [2.45, 2.75) is 76.4 Å². The fourth-order valence-corrected chi connectivity index (χ4v) is 3.49. The molecule has 0 aromatic rings. The van der Waals surface area contributed by atoms with Crippen molar-refractivity contribution in [3.8, 4) is 0 Å². The highest BCUT2D eigenvalue weighted by molar-refractivity contribution is 4.98. The third kappa shape index (κ3) is 4.10. The molecule has 0 bridgehead atoms. The summed E-state index contributed by atoms with van der Waals surface area (Å²) >= 11 is 0. The van der Waals surface area contributed by atoms with Crippen LogP contribution < -0.4 is 0 Å². The van der Waals surface area contributed by atoms with Crippen LogP contribution in [0.25, 0.3) is 0 Å². The van der Waals surface area contributed by atoms with E-state index in [9.17, 15) is 10.2 Å². The Bertz CT molecular complexity index is 224. The largest absolute Gasteiger partial charge is 0.389 e. The van der Waals surface area contributed by atoms with Gasteiger partial charge in [0.1, 0.15) is 0 Å². The first-order valence-electron chi connectivity index (χ1n) is 7.82. The number of aliphatic hydroxyl groups is 2. The molecule has 2 N–H and O–H groups in total. The van der Waals surface area contributed by atoms with Gasteiger partial charge in [0.05, 0.1) is 12.2 Å². The van der Waals surface area contributed by atoms with E-state index in [1.54, 1.807) is 0 Å². The second kappa shape index (κ2) is 7.30. The molecule has 0 amide bonds. The first kappa shape index (κ1) is 14.1. The molecule has 2 aliphatic carbocycles. The molecule has 0 radical (unpaired) electrons. The second-order valence-corrected chi connectivity index (χ2v) is 6.16. The molecular formula is C16H28O2. The molecule has 2 nitrogen and oxygen atoms in total. The van der Waals surface area contributed by atoms with Gasteiger partial charge in [0.2, 0.25) is 0 Å². The van der Waals surface area contributed by atoms with E-state index >= 15 is 0 Å². The second-order valence-electron chi connectivity index (χ2n) is 6.16. The summed E-state index contributed by atoms with van der Waals surface area (Å²) in [4.78, 5) is 0. The Balaban J connectivity index is 1.77. The van der Waals surface area contributed by atoms with E-state index in [-0.39, 0.29) is 12.2 Å². The molecule has 0 aliphatic heterocycles. The van der Waals surface area contributed by atoms with E-state index < -0.39 is 0 Å². The maximum Gasteiger partial charge on any atom is 0.0749 e. The molecule has 0 spiro atoms. The Morgan fingerprint density at radius 3 is 1.28 bits per heavy atom. The Morgan fingerprint density at radius 1 is 0.611 bits per heavy atom. The van der Waals surface area contributed by atoms with Crippen LogP contribution in [0.1, 0.15) is 64.2 Å². The van der Waals surface area contributed by atoms with Gasteiger partial charge in [-0.1, -0.05) is 50.7 Å². The molecule has 0 aromatic carbocycles. The maximum atomic E-state index is 10.1. The molecule has 104 valence electrons. The maximum absolute atomic E-state index is 10.1. The van der Waals surface area contributed by atoms with Crippen LogP contribution in [-0.2, 0) is 0 Å². The quantitative estimate of drug-likeness (QED) is 0.753. The van der Waals surface area contributed by atoms with Gasteiger partial charge in [-0.25, -0.2) is 0 Å². The molecule has 2 saturated carbocycles. The third-order valence-electron chi connectivity index (χ3n) is 4.77. The van der Waals surface area contributed by atoms with Gasteiger partial charge in [-0.2, -0.15) is 0 Å². The molecule has 0 heterocycles. The zero-order chi connectivity index (χ0) is 12.8. The number of rotatable bonds is 4. The first-order chi connectivity index (χ1) is 8.77. The minimum absolute atomic E-state index is 0.344. The molecule has 0 saturated heterocycles. The Hall–Kier alpha value is -0.340. The molecule has 2 rings (SSSR count). The molecule has 18 heavy (non-hydrogen) atoms. The highest BCUT2D eigenvalue weighted by Gasteiger charge is 2.22. The van der Waals surface area contributed by atoms with Gasteiger partial charge >= 0.3 is 0 Å². The predicted molar refractivity (Wildman–Crippen MR) is 74.3 cm³/mol. The summed E-state index contributed by atoms with van der Waals surface area (Å²) < 4.78 is 0. The van der Waals surface area contributed by atoms with Crippen LogP contribution >= 0.6 is 0 Å². The van der Waals surface area contributed by atoms with E-state index in [0.717, 1.165) is 25.7 Å². The van der Waals surface area contributed by atoms with Gasteiger partial charge in [-0.05, 0) is 37.5 Å².